The highest BCUT2D eigenvalue weighted by molar-refractivity contribution is 8.00. The second-order valence-corrected chi connectivity index (χ2v) is 10.3. The van der Waals surface area contributed by atoms with Crippen molar-refractivity contribution in [1.82, 2.24) is 24.3 Å². The molecule has 0 bridgehead atoms. The highest BCUT2D eigenvalue weighted by Crippen LogP contribution is 2.28. The lowest BCUT2D eigenvalue weighted by Crippen LogP contribution is -2.51. The second kappa shape index (κ2) is 8.01. The molecule has 154 valence electrons. The Kier molecular flexibility index (Phi) is 5.60. The molecule has 0 aromatic carbocycles. The molecule has 1 amide bonds. The van der Waals surface area contributed by atoms with Crippen molar-refractivity contribution in [2.45, 2.75) is 23.8 Å². The summed E-state index contributed by atoms with van der Waals surface area (Å²) < 4.78 is 32.1. The zero-order valence-corrected chi connectivity index (χ0v) is 18.3. The van der Waals surface area contributed by atoms with Gasteiger partial charge in [0.2, 0.25) is 15.9 Å². The number of hydrogen-bond donors (Lipinski definition) is 0. The van der Waals surface area contributed by atoms with Gasteiger partial charge in [0.05, 0.1) is 5.75 Å². The molecule has 0 unspecified atom stereocenters. The molecule has 1 aliphatic heterocycles. The molecule has 0 N–H and O–H groups in total. The van der Waals surface area contributed by atoms with Crippen molar-refractivity contribution in [2.75, 3.05) is 31.9 Å². The number of nitrogens with zero attached hydrogens (tertiary/aromatic N) is 5. The van der Waals surface area contributed by atoms with Crippen molar-refractivity contribution in [3.63, 3.8) is 0 Å². The third-order valence-corrected chi connectivity index (χ3v) is 8.67. The topological polar surface area (TPSA) is 110 Å². The van der Waals surface area contributed by atoms with E-state index in [0.29, 0.717) is 18.8 Å². The molecule has 0 aliphatic carbocycles. The van der Waals surface area contributed by atoms with Crippen LogP contribution in [0.15, 0.2) is 32.2 Å². The standard InChI is InChI=1S/C17H19N5O4S3/c1-11-15(12(2)26-20-11)29(24,25)22-6-4-21(5-7-22)14(23)9-28-17-13-3-8-27-16(13)18-10-19-17/h3,8,10H,4-7,9H2,1-2H3. The maximum absolute atomic E-state index is 12.9. The smallest absolute Gasteiger partial charge is 0.248 e. The quantitative estimate of drug-likeness (QED) is 0.426. The maximum atomic E-state index is 12.9. The fourth-order valence-corrected chi connectivity index (χ4v) is 6.65. The maximum Gasteiger partial charge on any atom is 0.248 e. The van der Waals surface area contributed by atoms with Gasteiger partial charge in [-0.25, -0.2) is 18.4 Å². The number of sulfonamides is 1. The number of rotatable bonds is 5. The highest BCUT2D eigenvalue weighted by Gasteiger charge is 2.34. The molecule has 0 spiro atoms. The number of hydrogen-bond acceptors (Lipinski definition) is 9. The van der Waals surface area contributed by atoms with E-state index in [1.807, 2.05) is 11.4 Å². The summed E-state index contributed by atoms with van der Waals surface area (Å²) in [4.78, 5) is 23.8. The fourth-order valence-electron chi connectivity index (χ4n) is 3.25. The van der Waals surface area contributed by atoms with Gasteiger partial charge >= 0.3 is 0 Å². The summed E-state index contributed by atoms with van der Waals surface area (Å²) in [5, 5.41) is 7.41. The van der Waals surface area contributed by atoms with E-state index in [0.717, 1.165) is 15.2 Å². The average Bonchev–Trinajstić information content (AvgIpc) is 3.32. The molecule has 1 aliphatic rings. The lowest BCUT2D eigenvalue weighted by Gasteiger charge is -2.33. The number of aryl methyl sites for hydroxylation is 2. The summed E-state index contributed by atoms with van der Waals surface area (Å²) in [5.74, 6) is 0.492. The van der Waals surface area contributed by atoms with Gasteiger partial charge in [-0.05, 0) is 25.3 Å². The van der Waals surface area contributed by atoms with Gasteiger partial charge in [0.15, 0.2) is 5.76 Å². The first-order chi connectivity index (χ1) is 13.9. The van der Waals surface area contributed by atoms with E-state index in [1.54, 1.807) is 18.7 Å². The summed E-state index contributed by atoms with van der Waals surface area (Å²) in [7, 11) is -3.68. The fraction of sp³-hybridized carbons (Fsp3) is 0.412. The monoisotopic (exact) mass is 453 g/mol. The third kappa shape index (κ3) is 3.89. The first-order valence-corrected chi connectivity index (χ1v) is 12.2. The van der Waals surface area contributed by atoms with E-state index < -0.39 is 10.0 Å². The molecular weight excluding hydrogens is 434 g/mol. The van der Waals surface area contributed by atoms with Gasteiger partial charge in [0, 0.05) is 31.6 Å². The number of fused-ring (bicyclic) bond motifs is 1. The van der Waals surface area contributed by atoms with Crippen LogP contribution in [0.4, 0.5) is 0 Å². The molecule has 9 nitrogen and oxygen atoms in total. The molecule has 1 saturated heterocycles. The van der Waals surface area contributed by atoms with Gasteiger partial charge in [-0.2, -0.15) is 4.31 Å². The average molecular weight is 454 g/mol. The van der Waals surface area contributed by atoms with Crippen LogP contribution in [0.3, 0.4) is 0 Å². The summed E-state index contributed by atoms with van der Waals surface area (Å²) >= 11 is 2.91. The summed E-state index contributed by atoms with van der Waals surface area (Å²) in [6.45, 7) is 4.37. The Labute approximate surface area is 176 Å². The Bertz CT molecular complexity index is 1130. The Morgan fingerprint density at radius 1 is 1.24 bits per heavy atom. The first-order valence-electron chi connectivity index (χ1n) is 8.89. The predicted octanol–water partition coefficient (Wildman–Crippen LogP) is 1.92. The van der Waals surface area contributed by atoms with Gasteiger partial charge in [-0.1, -0.05) is 16.9 Å². The number of carbonyl (C=O) groups excluding carboxylic acids is 1. The van der Waals surface area contributed by atoms with E-state index in [9.17, 15) is 13.2 Å². The molecule has 0 radical (unpaired) electrons. The molecule has 4 heterocycles. The van der Waals surface area contributed by atoms with Crippen LogP contribution in [-0.2, 0) is 14.8 Å². The molecule has 0 atom stereocenters. The van der Waals surface area contributed by atoms with Crippen LogP contribution in [0, 0.1) is 13.8 Å². The number of piperazine rings is 1. The van der Waals surface area contributed by atoms with Gasteiger partial charge in [-0.3, -0.25) is 4.79 Å². The molecule has 29 heavy (non-hydrogen) atoms. The van der Waals surface area contributed by atoms with Crippen molar-refractivity contribution in [3.8, 4) is 0 Å². The lowest BCUT2D eigenvalue weighted by atomic mass is 10.3. The number of thioether (sulfide) groups is 1. The highest BCUT2D eigenvalue weighted by atomic mass is 32.2. The molecule has 3 aromatic rings. The molecule has 1 fully saturated rings. The van der Waals surface area contributed by atoms with Crippen LogP contribution < -0.4 is 0 Å². The molecule has 0 saturated carbocycles. The minimum atomic E-state index is -3.68. The third-order valence-electron chi connectivity index (χ3n) is 4.71. The summed E-state index contributed by atoms with van der Waals surface area (Å²) in [6, 6.07) is 1.95. The van der Waals surface area contributed by atoms with Crippen LogP contribution in [0.2, 0.25) is 0 Å². The minimum absolute atomic E-state index is 0.0358. The second-order valence-electron chi connectivity index (χ2n) is 6.55. The van der Waals surface area contributed by atoms with Crippen LogP contribution >= 0.6 is 23.1 Å². The van der Waals surface area contributed by atoms with E-state index in [2.05, 4.69) is 15.1 Å². The zero-order valence-electron chi connectivity index (χ0n) is 15.9. The molecule has 3 aromatic heterocycles. The van der Waals surface area contributed by atoms with Crippen molar-refractivity contribution >= 4 is 49.2 Å². The number of thiophene rings is 1. The molecular formula is C17H19N5O4S3. The van der Waals surface area contributed by atoms with Crippen molar-refractivity contribution in [2.24, 2.45) is 0 Å². The molecule has 4 rings (SSSR count). The van der Waals surface area contributed by atoms with Crippen molar-refractivity contribution < 1.29 is 17.7 Å². The van der Waals surface area contributed by atoms with E-state index in [4.69, 9.17) is 4.52 Å². The normalized spacial score (nSPS) is 15.9. The Morgan fingerprint density at radius 2 is 2.00 bits per heavy atom. The van der Waals surface area contributed by atoms with Gasteiger partial charge in [0.1, 0.15) is 26.8 Å². The van der Waals surface area contributed by atoms with Gasteiger partial charge < -0.3 is 9.42 Å². The predicted molar refractivity (Wildman–Crippen MR) is 109 cm³/mol. The summed E-state index contributed by atoms with van der Waals surface area (Å²) in [5.41, 5.74) is 0.349. The van der Waals surface area contributed by atoms with Crippen molar-refractivity contribution in [3.05, 3.63) is 29.2 Å². The first kappa shape index (κ1) is 20.3. The Hall–Kier alpha value is -2.02. The van der Waals surface area contributed by atoms with E-state index in [1.165, 1.54) is 33.7 Å². The van der Waals surface area contributed by atoms with Crippen LogP contribution in [0.5, 0.6) is 0 Å². The SMILES string of the molecule is Cc1noc(C)c1S(=O)(=O)N1CCN(C(=O)CSc2ncnc3sccc23)CC1. The largest absolute Gasteiger partial charge is 0.360 e. The van der Waals surface area contributed by atoms with E-state index >= 15 is 0 Å². The van der Waals surface area contributed by atoms with Gasteiger partial charge in [-0.15, -0.1) is 11.3 Å². The lowest BCUT2D eigenvalue weighted by molar-refractivity contribution is -0.129. The van der Waals surface area contributed by atoms with Crippen LogP contribution in [-0.4, -0.2) is 70.6 Å². The van der Waals surface area contributed by atoms with Crippen LogP contribution in [0.1, 0.15) is 11.5 Å². The molecule has 12 heteroatoms. The zero-order chi connectivity index (χ0) is 20.6. The Morgan fingerprint density at radius 3 is 2.69 bits per heavy atom. The Balaban J connectivity index is 1.37. The van der Waals surface area contributed by atoms with Crippen LogP contribution in [0.25, 0.3) is 10.2 Å². The number of carbonyl (C=O) groups is 1. The summed E-state index contributed by atoms with van der Waals surface area (Å²) in [6.07, 6.45) is 1.50. The van der Waals surface area contributed by atoms with E-state index in [-0.39, 0.29) is 35.4 Å². The van der Waals surface area contributed by atoms with Crippen molar-refractivity contribution in [1.29, 1.82) is 0 Å². The minimum Gasteiger partial charge on any atom is -0.360 e. The van der Waals surface area contributed by atoms with Gasteiger partial charge in [0.25, 0.3) is 0 Å². The number of aromatic nitrogens is 3. The number of amides is 1.